The lowest BCUT2D eigenvalue weighted by molar-refractivity contribution is -0.0542. The fourth-order valence-corrected chi connectivity index (χ4v) is 5.20. The SMILES string of the molecule is CCSc1nc(NCCN(CC)CC)c2c3c(sc2n1)COC(C)(CC)C3. The van der Waals surface area contributed by atoms with Gasteiger partial charge < -0.3 is 15.0 Å². The molecule has 1 aliphatic rings. The Hall–Kier alpha value is -0.890. The van der Waals surface area contributed by atoms with Gasteiger partial charge in [-0.3, -0.25) is 0 Å². The van der Waals surface area contributed by atoms with Crippen LogP contribution in [0.4, 0.5) is 5.82 Å². The van der Waals surface area contributed by atoms with Gasteiger partial charge in [0.2, 0.25) is 0 Å². The van der Waals surface area contributed by atoms with Crippen LogP contribution in [-0.2, 0) is 17.8 Å². The molecule has 27 heavy (non-hydrogen) atoms. The monoisotopic (exact) mass is 408 g/mol. The van der Waals surface area contributed by atoms with Crippen molar-refractivity contribution in [1.82, 2.24) is 14.9 Å². The lowest BCUT2D eigenvalue weighted by Crippen LogP contribution is -2.34. The molecule has 0 radical (unpaired) electrons. The second-order valence-electron chi connectivity index (χ2n) is 7.19. The Kier molecular flexibility index (Phi) is 7.00. The van der Waals surface area contributed by atoms with Crippen molar-refractivity contribution < 1.29 is 4.74 Å². The van der Waals surface area contributed by atoms with Gasteiger partial charge in [0, 0.05) is 24.4 Å². The fraction of sp³-hybridized carbons (Fsp3) is 0.700. The number of ether oxygens (including phenoxy) is 1. The second kappa shape index (κ2) is 9.07. The predicted molar refractivity (Wildman–Crippen MR) is 117 cm³/mol. The molecule has 5 nitrogen and oxygen atoms in total. The van der Waals surface area contributed by atoms with Crippen molar-refractivity contribution in [1.29, 1.82) is 0 Å². The summed E-state index contributed by atoms with van der Waals surface area (Å²) in [5.41, 5.74) is 1.31. The summed E-state index contributed by atoms with van der Waals surface area (Å²) in [7, 11) is 0. The molecule has 2 aromatic heterocycles. The van der Waals surface area contributed by atoms with E-state index < -0.39 is 0 Å². The summed E-state index contributed by atoms with van der Waals surface area (Å²) in [6, 6.07) is 0. The van der Waals surface area contributed by atoms with Crippen LogP contribution in [-0.4, -0.2) is 52.4 Å². The fourth-order valence-electron chi connectivity index (χ4n) is 3.47. The van der Waals surface area contributed by atoms with E-state index in [4.69, 9.17) is 14.7 Å². The van der Waals surface area contributed by atoms with Crippen LogP contribution in [0.1, 0.15) is 51.5 Å². The summed E-state index contributed by atoms with van der Waals surface area (Å²) in [6.07, 6.45) is 1.95. The van der Waals surface area contributed by atoms with Crippen molar-refractivity contribution in [2.45, 2.75) is 64.8 Å². The molecule has 0 saturated heterocycles. The van der Waals surface area contributed by atoms with E-state index in [0.29, 0.717) is 6.61 Å². The zero-order valence-electron chi connectivity index (χ0n) is 17.2. The average molecular weight is 409 g/mol. The molecule has 0 saturated carbocycles. The van der Waals surface area contributed by atoms with Crippen molar-refractivity contribution >= 4 is 39.1 Å². The maximum absolute atomic E-state index is 6.16. The number of rotatable bonds is 9. The third-order valence-corrected chi connectivity index (χ3v) is 7.28. The van der Waals surface area contributed by atoms with Gasteiger partial charge in [0.05, 0.1) is 17.6 Å². The third kappa shape index (κ3) is 4.58. The second-order valence-corrected chi connectivity index (χ2v) is 9.51. The number of aromatic nitrogens is 2. The third-order valence-electron chi connectivity index (χ3n) is 5.45. The minimum atomic E-state index is -0.0870. The van der Waals surface area contributed by atoms with Gasteiger partial charge in [-0.1, -0.05) is 39.5 Å². The van der Waals surface area contributed by atoms with E-state index in [0.717, 1.165) is 60.6 Å². The topological polar surface area (TPSA) is 50.3 Å². The molecule has 0 aromatic carbocycles. The number of likely N-dealkylation sites (N-methyl/N-ethyl adjacent to an activating group) is 1. The van der Waals surface area contributed by atoms with Crippen LogP contribution < -0.4 is 5.32 Å². The first-order valence-electron chi connectivity index (χ1n) is 10.1. The minimum Gasteiger partial charge on any atom is -0.369 e. The number of thioether (sulfide) groups is 1. The molecule has 0 aliphatic carbocycles. The van der Waals surface area contributed by atoms with E-state index in [1.807, 2.05) is 0 Å². The summed E-state index contributed by atoms with van der Waals surface area (Å²) < 4.78 is 6.16. The molecule has 7 heteroatoms. The zero-order valence-corrected chi connectivity index (χ0v) is 18.9. The number of fused-ring (bicyclic) bond motifs is 3. The number of anilines is 1. The van der Waals surface area contributed by atoms with Gasteiger partial charge in [0.15, 0.2) is 5.16 Å². The maximum atomic E-state index is 6.16. The van der Waals surface area contributed by atoms with E-state index in [-0.39, 0.29) is 5.60 Å². The number of hydrogen-bond donors (Lipinski definition) is 1. The molecule has 0 spiro atoms. The molecule has 0 bridgehead atoms. The van der Waals surface area contributed by atoms with Gasteiger partial charge in [-0.25, -0.2) is 9.97 Å². The highest BCUT2D eigenvalue weighted by atomic mass is 32.2. The van der Waals surface area contributed by atoms with E-state index in [9.17, 15) is 0 Å². The van der Waals surface area contributed by atoms with Crippen LogP contribution in [0.2, 0.25) is 0 Å². The Morgan fingerprint density at radius 2 is 2.00 bits per heavy atom. The number of thiophene rings is 1. The van der Waals surface area contributed by atoms with Gasteiger partial charge in [0.1, 0.15) is 10.6 Å². The first-order valence-corrected chi connectivity index (χ1v) is 11.9. The summed E-state index contributed by atoms with van der Waals surface area (Å²) in [6.45, 7) is 15.8. The van der Waals surface area contributed by atoms with Crippen LogP contribution in [0.15, 0.2) is 5.16 Å². The van der Waals surface area contributed by atoms with Crippen molar-refractivity contribution in [3.8, 4) is 0 Å². The molecule has 3 rings (SSSR count). The van der Waals surface area contributed by atoms with E-state index in [1.54, 1.807) is 23.1 Å². The average Bonchev–Trinajstić information content (AvgIpc) is 3.03. The van der Waals surface area contributed by atoms with E-state index >= 15 is 0 Å². The van der Waals surface area contributed by atoms with Gasteiger partial charge in [-0.05, 0) is 37.8 Å². The Balaban J connectivity index is 1.95. The molecule has 3 heterocycles. The quantitative estimate of drug-likeness (QED) is 0.475. The Morgan fingerprint density at radius 3 is 2.67 bits per heavy atom. The Bertz CT molecular complexity index is 775. The standard InChI is InChI=1S/C20H32N4OS2/c1-6-20(5)12-14-15(13-25-20)27-18-16(14)17(22-19(23-18)26-9-4)21-10-11-24(7-2)8-3/h6-13H2,1-5H3,(H,21,22,23). The van der Waals surface area contributed by atoms with Crippen LogP contribution in [0, 0.1) is 0 Å². The van der Waals surface area contributed by atoms with Crippen molar-refractivity contribution in [3.05, 3.63) is 10.4 Å². The lowest BCUT2D eigenvalue weighted by Gasteiger charge is -2.33. The largest absolute Gasteiger partial charge is 0.369 e. The molecule has 1 unspecified atom stereocenters. The molecular formula is C20H32N4OS2. The Morgan fingerprint density at radius 1 is 1.22 bits per heavy atom. The van der Waals surface area contributed by atoms with Crippen LogP contribution in [0.5, 0.6) is 0 Å². The molecule has 1 atom stereocenters. The zero-order chi connectivity index (χ0) is 19.4. The van der Waals surface area contributed by atoms with Crippen LogP contribution >= 0.6 is 23.1 Å². The van der Waals surface area contributed by atoms with E-state index in [1.165, 1.54) is 15.8 Å². The minimum absolute atomic E-state index is 0.0870. The first kappa shape index (κ1) is 20.8. The van der Waals surface area contributed by atoms with Crippen molar-refractivity contribution in [2.24, 2.45) is 0 Å². The molecule has 1 N–H and O–H groups in total. The van der Waals surface area contributed by atoms with Crippen molar-refractivity contribution in [3.63, 3.8) is 0 Å². The summed E-state index contributed by atoms with van der Waals surface area (Å²) in [5.74, 6) is 1.98. The van der Waals surface area contributed by atoms with Gasteiger partial charge in [-0.2, -0.15) is 0 Å². The Labute approximate surface area is 171 Å². The molecule has 150 valence electrons. The van der Waals surface area contributed by atoms with Gasteiger partial charge >= 0.3 is 0 Å². The molecule has 2 aromatic rings. The van der Waals surface area contributed by atoms with Crippen molar-refractivity contribution in [2.75, 3.05) is 37.2 Å². The maximum Gasteiger partial charge on any atom is 0.190 e. The van der Waals surface area contributed by atoms with Gasteiger partial charge in [0.25, 0.3) is 0 Å². The highest BCUT2D eigenvalue weighted by molar-refractivity contribution is 7.99. The highest BCUT2D eigenvalue weighted by Crippen LogP contribution is 2.42. The molecular weight excluding hydrogens is 376 g/mol. The number of hydrogen-bond acceptors (Lipinski definition) is 7. The molecule has 1 aliphatic heterocycles. The molecule has 0 amide bonds. The lowest BCUT2D eigenvalue weighted by atomic mass is 9.90. The summed E-state index contributed by atoms with van der Waals surface area (Å²) in [4.78, 5) is 14.6. The first-order chi connectivity index (χ1) is 13.0. The molecule has 0 fully saturated rings. The summed E-state index contributed by atoms with van der Waals surface area (Å²) in [5, 5.41) is 5.72. The smallest absolute Gasteiger partial charge is 0.190 e. The number of nitrogens with zero attached hydrogens (tertiary/aromatic N) is 3. The normalized spacial score (nSPS) is 19.6. The predicted octanol–water partition coefficient (Wildman–Crippen LogP) is 4.80. The number of nitrogens with one attached hydrogen (secondary N) is 1. The van der Waals surface area contributed by atoms with Crippen LogP contribution in [0.3, 0.4) is 0 Å². The highest BCUT2D eigenvalue weighted by Gasteiger charge is 2.33. The van der Waals surface area contributed by atoms with E-state index in [2.05, 4.69) is 44.8 Å². The van der Waals surface area contributed by atoms with Gasteiger partial charge in [-0.15, -0.1) is 11.3 Å². The van der Waals surface area contributed by atoms with Crippen LogP contribution in [0.25, 0.3) is 10.2 Å². The summed E-state index contributed by atoms with van der Waals surface area (Å²) >= 11 is 3.48.